The second kappa shape index (κ2) is 6.70. The molecule has 1 saturated carbocycles. The van der Waals surface area contributed by atoms with Gasteiger partial charge in [-0.3, -0.25) is 4.79 Å². The molecule has 0 unspecified atom stereocenters. The number of nitrogens with zero attached hydrogens (tertiary/aromatic N) is 2. The van der Waals surface area contributed by atoms with E-state index in [0.29, 0.717) is 16.4 Å². The highest BCUT2D eigenvalue weighted by atomic mass is 35.5. The summed E-state index contributed by atoms with van der Waals surface area (Å²) in [5, 5.41) is 13.0. The first-order chi connectivity index (χ1) is 9.67. The standard InChI is InChI=1S/C14H17ClN2O3/c1-20-14(18)10-6-4-9(5-7-10)12(17-19)11-3-2-8-16-13(11)15/h2-3,8-10,19H,4-7H2,1H3. The van der Waals surface area contributed by atoms with Crippen molar-refractivity contribution < 1.29 is 14.7 Å². The monoisotopic (exact) mass is 296 g/mol. The van der Waals surface area contributed by atoms with Gasteiger partial charge in [-0.2, -0.15) is 0 Å². The van der Waals surface area contributed by atoms with E-state index in [2.05, 4.69) is 10.1 Å². The molecule has 1 heterocycles. The van der Waals surface area contributed by atoms with Gasteiger partial charge in [0.05, 0.1) is 18.7 Å². The van der Waals surface area contributed by atoms with E-state index in [1.165, 1.54) is 7.11 Å². The summed E-state index contributed by atoms with van der Waals surface area (Å²) >= 11 is 6.04. The van der Waals surface area contributed by atoms with Gasteiger partial charge in [-0.05, 0) is 37.8 Å². The Balaban J connectivity index is 2.09. The van der Waals surface area contributed by atoms with Gasteiger partial charge in [0.15, 0.2) is 0 Å². The van der Waals surface area contributed by atoms with Crippen LogP contribution in [-0.2, 0) is 9.53 Å². The second-order valence-electron chi connectivity index (χ2n) is 4.90. The summed E-state index contributed by atoms with van der Waals surface area (Å²) in [6.07, 6.45) is 4.59. The van der Waals surface area contributed by atoms with Gasteiger partial charge < -0.3 is 9.94 Å². The molecule has 1 fully saturated rings. The van der Waals surface area contributed by atoms with E-state index in [1.54, 1.807) is 18.3 Å². The third-order valence-electron chi connectivity index (χ3n) is 3.79. The van der Waals surface area contributed by atoms with Gasteiger partial charge in [-0.25, -0.2) is 4.98 Å². The third kappa shape index (κ3) is 3.10. The van der Waals surface area contributed by atoms with Crippen LogP contribution in [0.3, 0.4) is 0 Å². The van der Waals surface area contributed by atoms with Gasteiger partial charge in [-0.15, -0.1) is 0 Å². The Morgan fingerprint density at radius 3 is 2.60 bits per heavy atom. The normalized spacial score (nSPS) is 23.4. The Kier molecular flexibility index (Phi) is 4.95. The predicted molar refractivity (Wildman–Crippen MR) is 75.0 cm³/mol. The second-order valence-corrected chi connectivity index (χ2v) is 5.26. The minimum absolute atomic E-state index is 0.0550. The number of aromatic nitrogens is 1. The summed E-state index contributed by atoms with van der Waals surface area (Å²) in [5.41, 5.74) is 1.20. The van der Waals surface area contributed by atoms with Gasteiger partial charge in [0.1, 0.15) is 5.15 Å². The zero-order valence-corrected chi connectivity index (χ0v) is 12.0. The molecule has 0 atom stereocenters. The SMILES string of the molecule is COC(=O)C1CCC(C(=NO)c2cccnc2Cl)CC1. The van der Waals surface area contributed by atoms with E-state index in [1.807, 2.05) is 0 Å². The summed E-state index contributed by atoms with van der Waals surface area (Å²) in [6, 6.07) is 3.54. The number of halogens is 1. The van der Waals surface area contributed by atoms with Gasteiger partial charge in [0, 0.05) is 17.7 Å². The van der Waals surface area contributed by atoms with Crippen LogP contribution in [0, 0.1) is 11.8 Å². The van der Waals surface area contributed by atoms with E-state index >= 15 is 0 Å². The van der Waals surface area contributed by atoms with Crippen LogP contribution < -0.4 is 0 Å². The van der Waals surface area contributed by atoms with Crippen LogP contribution in [0.25, 0.3) is 0 Å². The molecule has 1 aromatic heterocycles. The number of carbonyl (C=O) groups is 1. The van der Waals surface area contributed by atoms with Crippen LogP contribution in [0.2, 0.25) is 5.15 Å². The van der Waals surface area contributed by atoms with Crippen molar-refractivity contribution in [3.8, 4) is 0 Å². The Morgan fingerprint density at radius 2 is 2.05 bits per heavy atom. The molecule has 108 valence electrons. The molecule has 0 aliphatic heterocycles. The third-order valence-corrected chi connectivity index (χ3v) is 4.09. The fourth-order valence-corrected chi connectivity index (χ4v) is 2.92. The van der Waals surface area contributed by atoms with E-state index in [4.69, 9.17) is 16.3 Å². The molecule has 1 aromatic rings. The number of hydrogen-bond acceptors (Lipinski definition) is 5. The zero-order chi connectivity index (χ0) is 14.5. The molecule has 0 saturated heterocycles. The number of pyridine rings is 1. The van der Waals surface area contributed by atoms with Crippen molar-refractivity contribution in [1.29, 1.82) is 0 Å². The van der Waals surface area contributed by atoms with Gasteiger partial charge in [-0.1, -0.05) is 16.8 Å². The van der Waals surface area contributed by atoms with Crippen molar-refractivity contribution in [2.45, 2.75) is 25.7 Å². The van der Waals surface area contributed by atoms with Crippen molar-refractivity contribution >= 4 is 23.3 Å². The summed E-state index contributed by atoms with van der Waals surface area (Å²) in [5.74, 6) is -0.131. The first-order valence-electron chi connectivity index (χ1n) is 6.58. The number of carbonyl (C=O) groups excluding carboxylic acids is 1. The summed E-state index contributed by atoms with van der Waals surface area (Å²) in [6.45, 7) is 0. The van der Waals surface area contributed by atoms with Crippen LogP contribution in [0.5, 0.6) is 0 Å². The molecular formula is C14H17ClN2O3. The molecular weight excluding hydrogens is 280 g/mol. The lowest BCUT2D eigenvalue weighted by atomic mass is 9.78. The molecule has 0 aromatic carbocycles. The maximum Gasteiger partial charge on any atom is 0.308 e. The van der Waals surface area contributed by atoms with Crippen LogP contribution in [-0.4, -0.2) is 29.0 Å². The maximum atomic E-state index is 11.5. The molecule has 6 heteroatoms. The van der Waals surface area contributed by atoms with Crippen molar-refractivity contribution in [3.63, 3.8) is 0 Å². The quantitative estimate of drug-likeness (QED) is 0.306. The lowest BCUT2D eigenvalue weighted by Crippen LogP contribution is -2.27. The van der Waals surface area contributed by atoms with Crippen LogP contribution in [0.15, 0.2) is 23.5 Å². The molecule has 1 aliphatic rings. The Hall–Kier alpha value is -1.62. The Bertz CT molecular complexity index is 511. The predicted octanol–water partition coefficient (Wildman–Crippen LogP) is 2.89. The van der Waals surface area contributed by atoms with E-state index < -0.39 is 0 Å². The van der Waals surface area contributed by atoms with Crippen molar-refractivity contribution in [2.75, 3.05) is 7.11 Å². The van der Waals surface area contributed by atoms with E-state index in [-0.39, 0.29) is 17.8 Å². The highest BCUT2D eigenvalue weighted by Gasteiger charge is 2.30. The van der Waals surface area contributed by atoms with Gasteiger partial charge in [0.25, 0.3) is 0 Å². The molecule has 0 spiro atoms. The Labute approximate surface area is 122 Å². The average molecular weight is 297 g/mol. The highest BCUT2D eigenvalue weighted by Crippen LogP contribution is 2.33. The highest BCUT2D eigenvalue weighted by molar-refractivity contribution is 6.33. The first-order valence-corrected chi connectivity index (χ1v) is 6.95. The van der Waals surface area contributed by atoms with Crippen LogP contribution in [0.4, 0.5) is 0 Å². The topological polar surface area (TPSA) is 71.8 Å². The first kappa shape index (κ1) is 14.8. The van der Waals surface area contributed by atoms with Crippen LogP contribution in [0.1, 0.15) is 31.2 Å². The lowest BCUT2D eigenvalue weighted by Gasteiger charge is -2.27. The van der Waals surface area contributed by atoms with E-state index in [0.717, 1.165) is 25.7 Å². The molecule has 0 amide bonds. The van der Waals surface area contributed by atoms with E-state index in [9.17, 15) is 10.0 Å². The summed E-state index contributed by atoms with van der Waals surface area (Å²) in [4.78, 5) is 15.5. The summed E-state index contributed by atoms with van der Waals surface area (Å²) in [7, 11) is 1.41. The smallest absolute Gasteiger partial charge is 0.308 e. The number of ether oxygens (including phenoxy) is 1. The molecule has 5 nitrogen and oxygen atoms in total. The molecule has 2 rings (SSSR count). The molecule has 1 N–H and O–H groups in total. The lowest BCUT2D eigenvalue weighted by molar-refractivity contribution is -0.146. The van der Waals surface area contributed by atoms with Gasteiger partial charge in [0.2, 0.25) is 0 Å². The number of methoxy groups -OCH3 is 1. The fraction of sp³-hybridized carbons (Fsp3) is 0.500. The average Bonchev–Trinajstić information content (AvgIpc) is 2.50. The molecule has 0 radical (unpaired) electrons. The van der Waals surface area contributed by atoms with Crippen LogP contribution >= 0.6 is 11.6 Å². The molecule has 1 aliphatic carbocycles. The minimum Gasteiger partial charge on any atom is -0.469 e. The van der Waals surface area contributed by atoms with Crippen molar-refractivity contribution in [2.24, 2.45) is 17.0 Å². The number of hydrogen-bond donors (Lipinski definition) is 1. The van der Waals surface area contributed by atoms with Crippen molar-refractivity contribution in [1.82, 2.24) is 4.98 Å². The van der Waals surface area contributed by atoms with Crippen molar-refractivity contribution in [3.05, 3.63) is 29.0 Å². The summed E-state index contributed by atoms with van der Waals surface area (Å²) < 4.78 is 4.77. The number of esters is 1. The van der Waals surface area contributed by atoms with Gasteiger partial charge >= 0.3 is 5.97 Å². The molecule has 0 bridgehead atoms. The Morgan fingerprint density at radius 1 is 1.40 bits per heavy atom. The minimum atomic E-state index is -0.162. The largest absolute Gasteiger partial charge is 0.469 e. The maximum absolute atomic E-state index is 11.5. The fourth-order valence-electron chi connectivity index (χ4n) is 2.70. The molecule has 20 heavy (non-hydrogen) atoms. The zero-order valence-electron chi connectivity index (χ0n) is 11.3. The number of rotatable bonds is 3. The number of oxime groups is 1.